The molecule has 0 aliphatic heterocycles. The molecule has 0 fully saturated rings. The number of benzene rings is 1. The first kappa shape index (κ1) is 12.8. The van der Waals surface area contributed by atoms with Gasteiger partial charge in [-0.2, -0.15) is 0 Å². The van der Waals surface area contributed by atoms with E-state index in [1.807, 2.05) is 0 Å². The lowest BCUT2D eigenvalue weighted by molar-refractivity contribution is 0.210. The number of hydrogen-bond donors (Lipinski definition) is 3. The third-order valence-electron chi connectivity index (χ3n) is 1.93. The van der Waals surface area contributed by atoms with E-state index in [1.54, 1.807) is 19.2 Å². The molecular weight excluding hydrogens is 230 g/mol. The molecule has 0 amide bonds. The van der Waals surface area contributed by atoms with Gasteiger partial charge in [-0.1, -0.05) is 0 Å². The minimum Gasteiger partial charge on any atom is -0.399 e. The molecule has 7 heteroatoms. The Labute approximate surface area is 94.6 Å². The monoisotopic (exact) mass is 245 g/mol. The summed E-state index contributed by atoms with van der Waals surface area (Å²) in [6.45, 7) is 0.956. The Morgan fingerprint density at radius 2 is 2.12 bits per heavy atom. The highest BCUT2D eigenvalue weighted by atomic mass is 32.2. The van der Waals surface area contributed by atoms with Crippen molar-refractivity contribution in [3.63, 3.8) is 0 Å². The van der Waals surface area contributed by atoms with Crippen molar-refractivity contribution in [2.45, 2.75) is 4.90 Å². The standard InChI is InChI=1S/C9H15N3O3S/c1-15-5-4-12-8-3-2-7(10)6-9(8)16(11,13)14/h2-3,6,12H,4-5,10H2,1H3,(H2,11,13,14). The van der Waals surface area contributed by atoms with Crippen LogP contribution < -0.4 is 16.2 Å². The second-order valence-corrected chi connectivity index (χ2v) is 4.75. The Balaban J connectivity index is 2.99. The molecule has 90 valence electrons. The first-order chi connectivity index (χ1) is 7.45. The molecule has 1 aromatic rings. The van der Waals surface area contributed by atoms with Gasteiger partial charge in [-0.25, -0.2) is 13.6 Å². The van der Waals surface area contributed by atoms with Gasteiger partial charge in [-0.05, 0) is 18.2 Å². The zero-order chi connectivity index (χ0) is 12.2. The van der Waals surface area contributed by atoms with E-state index in [0.717, 1.165) is 0 Å². The van der Waals surface area contributed by atoms with Gasteiger partial charge in [0.1, 0.15) is 4.90 Å². The van der Waals surface area contributed by atoms with E-state index in [1.165, 1.54) is 6.07 Å². The summed E-state index contributed by atoms with van der Waals surface area (Å²) in [5.41, 5.74) is 6.28. The summed E-state index contributed by atoms with van der Waals surface area (Å²) in [5.74, 6) is 0. The first-order valence-corrected chi connectivity index (χ1v) is 6.15. The molecule has 0 aliphatic rings. The molecular formula is C9H15N3O3S. The molecule has 0 saturated carbocycles. The Morgan fingerprint density at radius 1 is 1.44 bits per heavy atom. The molecule has 0 saturated heterocycles. The number of nitrogens with one attached hydrogen (secondary N) is 1. The highest BCUT2D eigenvalue weighted by Crippen LogP contribution is 2.22. The van der Waals surface area contributed by atoms with E-state index >= 15 is 0 Å². The summed E-state index contributed by atoms with van der Waals surface area (Å²) in [4.78, 5) is -0.0106. The minimum atomic E-state index is -3.78. The number of nitrogens with two attached hydrogens (primary N) is 2. The van der Waals surface area contributed by atoms with Crippen molar-refractivity contribution in [2.75, 3.05) is 31.3 Å². The predicted octanol–water partition coefficient (Wildman–Crippen LogP) is -0.0255. The van der Waals surface area contributed by atoms with Crippen LogP contribution in [0.3, 0.4) is 0 Å². The van der Waals surface area contributed by atoms with Crippen molar-refractivity contribution < 1.29 is 13.2 Å². The normalized spacial score (nSPS) is 11.4. The Morgan fingerprint density at radius 3 is 2.69 bits per heavy atom. The maximum absolute atomic E-state index is 11.3. The molecule has 0 bridgehead atoms. The van der Waals surface area contributed by atoms with Crippen LogP contribution in [0.4, 0.5) is 11.4 Å². The molecule has 16 heavy (non-hydrogen) atoms. The molecule has 6 nitrogen and oxygen atoms in total. The summed E-state index contributed by atoms with van der Waals surface area (Å²) in [7, 11) is -2.22. The van der Waals surface area contributed by atoms with Crippen LogP contribution in [0, 0.1) is 0 Å². The van der Waals surface area contributed by atoms with Gasteiger partial charge in [0, 0.05) is 19.3 Å². The van der Waals surface area contributed by atoms with Crippen LogP contribution in [0.1, 0.15) is 0 Å². The van der Waals surface area contributed by atoms with E-state index in [-0.39, 0.29) is 4.90 Å². The molecule has 0 heterocycles. The van der Waals surface area contributed by atoms with Gasteiger partial charge in [0.25, 0.3) is 0 Å². The average Bonchev–Trinajstić information content (AvgIpc) is 2.19. The van der Waals surface area contributed by atoms with Gasteiger partial charge in [-0.3, -0.25) is 0 Å². The quantitative estimate of drug-likeness (QED) is 0.499. The Bertz CT molecular complexity index is 459. The predicted molar refractivity (Wildman–Crippen MR) is 62.6 cm³/mol. The van der Waals surface area contributed by atoms with E-state index in [9.17, 15) is 8.42 Å². The highest BCUT2D eigenvalue weighted by molar-refractivity contribution is 7.89. The van der Waals surface area contributed by atoms with Crippen molar-refractivity contribution in [1.82, 2.24) is 0 Å². The molecule has 0 spiro atoms. The van der Waals surface area contributed by atoms with E-state index in [2.05, 4.69) is 5.32 Å². The number of methoxy groups -OCH3 is 1. The third-order valence-corrected chi connectivity index (χ3v) is 2.88. The average molecular weight is 245 g/mol. The maximum atomic E-state index is 11.3. The minimum absolute atomic E-state index is 0.0106. The summed E-state index contributed by atoms with van der Waals surface area (Å²) < 4.78 is 27.4. The third kappa shape index (κ3) is 3.37. The molecule has 0 radical (unpaired) electrons. The number of ether oxygens (including phenoxy) is 1. The van der Waals surface area contributed by atoms with Crippen LogP contribution in [0.25, 0.3) is 0 Å². The van der Waals surface area contributed by atoms with Crippen LogP contribution in [0.5, 0.6) is 0 Å². The fourth-order valence-electron chi connectivity index (χ4n) is 1.21. The molecule has 1 aromatic carbocycles. The number of sulfonamides is 1. The molecule has 1 rings (SSSR count). The lowest BCUT2D eigenvalue weighted by Crippen LogP contribution is -2.17. The Kier molecular flexibility index (Phi) is 4.11. The van der Waals surface area contributed by atoms with Crippen LogP contribution >= 0.6 is 0 Å². The number of anilines is 2. The molecule has 5 N–H and O–H groups in total. The lowest BCUT2D eigenvalue weighted by Gasteiger charge is -2.10. The van der Waals surface area contributed by atoms with Crippen molar-refractivity contribution in [3.05, 3.63) is 18.2 Å². The molecule has 0 aromatic heterocycles. The molecule has 0 unspecified atom stereocenters. The number of rotatable bonds is 5. The van der Waals surface area contributed by atoms with E-state index in [4.69, 9.17) is 15.6 Å². The fraction of sp³-hybridized carbons (Fsp3) is 0.333. The second-order valence-electron chi connectivity index (χ2n) is 3.22. The van der Waals surface area contributed by atoms with Crippen LogP contribution in [-0.2, 0) is 14.8 Å². The SMILES string of the molecule is COCCNc1ccc(N)cc1S(N)(=O)=O. The van der Waals surface area contributed by atoms with Gasteiger partial charge < -0.3 is 15.8 Å². The van der Waals surface area contributed by atoms with Gasteiger partial charge in [0.05, 0.1) is 12.3 Å². The van der Waals surface area contributed by atoms with Gasteiger partial charge in [0.15, 0.2) is 0 Å². The van der Waals surface area contributed by atoms with Crippen molar-refractivity contribution >= 4 is 21.4 Å². The zero-order valence-corrected chi connectivity index (χ0v) is 9.75. The largest absolute Gasteiger partial charge is 0.399 e. The fourth-order valence-corrected chi connectivity index (χ4v) is 1.96. The summed E-state index contributed by atoms with van der Waals surface area (Å²) >= 11 is 0. The van der Waals surface area contributed by atoms with Crippen LogP contribution in [0.15, 0.2) is 23.1 Å². The van der Waals surface area contributed by atoms with Crippen molar-refractivity contribution in [2.24, 2.45) is 5.14 Å². The smallest absolute Gasteiger partial charge is 0.240 e. The number of primary sulfonamides is 1. The maximum Gasteiger partial charge on any atom is 0.240 e. The lowest BCUT2D eigenvalue weighted by atomic mass is 10.3. The Hall–Kier alpha value is -1.31. The van der Waals surface area contributed by atoms with Gasteiger partial charge in [-0.15, -0.1) is 0 Å². The van der Waals surface area contributed by atoms with E-state index < -0.39 is 10.0 Å². The highest BCUT2D eigenvalue weighted by Gasteiger charge is 2.13. The van der Waals surface area contributed by atoms with Gasteiger partial charge >= 0.3 is 0 Å². The first-order valence-electron chi connectivity index (χ1n) is 4.60. The topological polar surface area (TPSA) is 107 Å². The number of nitrogen functional groups attached to an aromatic ring is 1. The molecule has 0 aliphatic carbocycles. The zero-order valence-electron chi connectivity index (χ0n) is 8.93. The summed E-state index contributed by atoms with van der Waals surface area (Å²) in [6, 6.07) is 4.50. The number of hydrogen-bond acceptors (Lipinski definition) is 5. The van der Waals surface area contributed by atoms with Crippen LogP contribution in [-0.4, -0.2) is 28.7 Å². The van der Waals surface area contributed by atoms with Gasteiger partial charge in [0.2, 0.25) is 10.0 Å². The van der Waals surface area contributed by atoms with Crippen molar-refractivity contribution in [1.29, 1.82) is 0 Å². The second kappa shape index (κ2) is 5.15. The molecule has 0 atom stereocenters. The summed E-state index contributed by atoms with van der Waals surface area (Å²) in [6.07, 6.45) is 0. The summed E-state index contributed by atoms with van der Waals surface area (Å²) in [5, 5.41) is 7.98. The van der Waals surface area contributed by atoms with E-state index in [0.29, 0.717) is 24.5 Å². The van der Waals surface area contributed by atoms with Crippen LogP contribution in [0.2, 0.25) is 0 Å². The van der Waals surface area contributed by atoms with Crippen molar-refractivity contribution in [3.8, 4) is 0 Å².